The van der Waals surface area contributed by atoms with Gasteiger partial charge in [-0.3, -0.25) is 9.69 Å². The number of amides is 1. The number of nitrogens with two attached hydrogens (primary N) is 1. The zero-order valence-electron chi connectivity index (χ0n) is 14.9. The van der Waals surface area contributed by atoms with E-state index in [9.17, 15) is 9.18 Å². The van der Waals surface area contributed by atoms with Crippen LogP contribution in [0.4, 0.5) is 10.2 Å². The Morgan fingerprint density at radius 3 is 2.67 bits per heavy atom. The molecule has 1 aliphatic rings. The van der Waals surface area contributed by atoms with Crippen LogP contribution in [0.2, 0.25) is 0 Å². The zero-order chi connectivity index (χ0) is 18.8. The van der Waals surface area contributed by atoms with Gasteiger partial charge in [-0.1, -0.05) is 12.1 Å². The summed E-state index contributed by atoms with van der Waals surface area (Å²) in [6.45, 7) is 3.90. The maximum Gasteiger partial charge on any atom is 0.218 e. The second-order valence-electron chi connectivity index (χ2n) is 6.63. The van der Waals surface area contributed by atoms with E-state index in [2.05, 4.69) is 19.9 Å². The molecule has 140 valence electrons. The van der Waals surface area contributed by atoms with Gasteiger partial charge in [0.05, 0.1) is 11.9 Å². The van der Waals surface area contributed by atoms with Crippen LogP contribution < -0.4 is 10.6 Å². The van der Waals surface area contributed by atoms with Gasteiger partial charge in [-0.15, -0.1) is 0 Å². The molecule has 0 unspecified atom stereocenters. The third-order valence-electron chi connectivity index (χ3n) is 4.86. The van der Waals surface area contributed by atoms with Crippen molar-refractivity contribution in [3.8, 4) is 11.3 Å². The third kappa shape index (κ3) is 3.61. The Morgan fingerprint density at radius 2 is 1.93 bits per heavy atom. The molecule has 3 aromatic rings. The molecule has 27 heavy (non-hydrogen) atoms. The second kappa shape index (κ2) is 7.32. The predicted molar refractivity (Wildman–Crippen MR) is 101 cm³/mol. The first kappa shape index (κ1) is 17.4. The minimum absolute atomic E-state index is 0.278. The van der Waals surface area contributed by atoms with Crippen molar-refractivity contribution in [2.24, 2.45) is 5.73 Å². The summed E-state index contributed by atoms with van der Waals surface area (Å²) >= 11 is 0. The Hall–Kier alpha value is -3.00. The smallest absolute Gasteiger partial charge is 0.218 e. The average molecular weight is 368 g/mol. The van der Waals surface area contributed by atoms with Gasteiger partial charge < -0.3 is 10.6 Å². The second-order valence-corrected chi connectivity index (χ2v) is 6.63. The number of aromatic nitrogens is 3. The summed E-state index contributed by atoms with van der Waals surface area (Å²) in [6.07, 6.45) is 2.07. The van der Waals surface area contributed by atoms with E-state index >= 15 is 0 Å². The number of hydrogen-bond donors (Lipinski definition) is 1. The van der Waals surface area contributed by atoms with E-state index < -0.39 is 0 Å². The summed E-state index contributed by atoms with van der Waals surface area (Å²) in [6, 6.07) is 10.3. The number of hydrogen-bond acceptors (Lipinski definition) is 5. The minimum Gasteiger partial charge on any atom is -0.370 e. The molecule has 1 saturated heterocycles. The van der Waals surface area contributed by atoms with Crippen LogP contribution >= 0.6 is 0 Å². The quantitative estimate of drug-likeness (QED) is 0.739. The maximum atomic E-state index is 14.3. The van der Waals surface area contributed by atoms with Gasteiger partial charge >= 0.3 is 0 Å². The lowest BCUT2D eigenvalue weighted by atomic mass is 10.1. The molecule has 1 fully saturated rings. The highest BCUT2D eigenvalue weighted by Crippen LogP contribution is 2.27. The van der Waals surface area contributed by atoms with Crippen LogP contribution in [0.5, 0.6) is 0 Å². The number of benzene rings is 1. The van der Waals surface area contributed by atoms with Gasteiger partial charge in [-0.25, -0.2) is 9.37 Å². The van der Waals surface area contributed by atoms with Crippen LogP contribution in [0, 0.1) is 5.82 Å². The first-order valence-corrected chi connectivity index (χ1v) is 8.97. The molecule has 0 saturated carbocycles. The third-order valence-corrected chi connectivity index (χ3v) is 4.86. The lowest BCUT2D eigenvalue weighted by Crippen LogP contribution is -2.47. The summed E-state index contributed by atoms with van der Waals surface area (Å²) in [5.74, 6) is 0.313. The monoisotopic (exact) mass is 368 g/mol. The van der Waals surface area contributed by atoms with Crippen LogP contribution in [0.3, 0.4) is 0 Å². The highest BCUT2D eigenvalue weighted by molar-refractivity contribution is 5.73. The molecule has 2 N–H and O–H groups in total. The van der Waals surface area contributed by atoms with Gasteiger partial charge in [0.15, 0.2) is 5.65 Å². The lowest BCUT2D eigenvalue weighted by molar-refractivity contribution is -0.118. The Labute approximate surface area is 156 Å². The van der Waals surface area contributed by atoms with Crippen LogP contribution in [0.1, 0.15) is 6.42 Å². The normalized spacial score (nSPS) is 15.4. The molecule has 4 rings (SSSR count). The van der Waals surface area contributed by atoms with Crippen LogP contribution in [-0.2, 0) is 4.79 Å². The van der Waals surface area contributed by atoms with E-state index in [0.29, 0.717) is 29.9 Å². The fourth-order valence-corrected chi connectivity index (χ4v) is 3.40. The fourth-order valence-electron chi connectivity index (χ4n) is 3.40. The number of rotatable bonds is 5. The molecule has 1 aromatic carbocycles. The topological polar surface area (TPSA) is 79.8 Å². The van der Waals surface area contributed by atoms with E-state index in [0.717, 1.165) is 32.0 Å². The van der Waals surface area contributed by atoms with E-state index in [1.807, 2.05) is 12.1 Å². The Bertz CT molecular complexity index is 964. The van der Waals surface area contributed by atoms with Crippen molar-refractivity contribution in [2.45, 2.75) is 6.42 Å². The largest absolute Gasteiger partial charge is 0.370 e. The summed E-state index contributed by atoms with van der Waals surface area (Å²) in [5.41, 5.74) is 6.98. The number of carbonyl (C=O) groups is 1. The van der Waals surface area contributed by atoms with Crippen LogP contribution in [0.25, 0.3) is 16.9 Å². The van der Waals surface area contributed by atoms with Crippen LogP contribution in [-0.4, -0.2) is 58.1 Å². The fraction of sp³-hybridized carbons (Fsp3) is 0.316. The van der Waals surface area contributed by atoms with Gasteiger partial charge in [0.25, 0.3) is 0 Å². The summed E-state index contributed by atoms with van der Waals surface area (Å²) < 4.78 is 16.0. The first-order valence-electron chi connectivity index (χ1n) is 8.97. The molecule has 0 bridgehead atoms. The van der Waals surface area contributed by atoms with E-state index in [1.165, 1.54) is 6.07 Å². The number of anilines is 1. The molecule has 2 aromatic heterocycles. The molecular weight excluding hydrogens is 347 g/mol. The minimum atomic E-state index is -0.295. The standard InChI is InChI=1S/C19H21FN6O/c20-15-4-2-1-3-14(15)16-13-19(26-18(23-16)5-7-22-26)25-11-9-24(10-12-25)8-6-17(21)27/h1-5,7,13H,6,8-12H2,(H2,21,27). The number of halogens is 1. The Kier molecular flexibility index (Phi) is 4.72. The number of fused-ring (bicyclic) bond motifs is 1. The van der Waals surface area contributed by atoms with E-state index in [1.54, 1.807) is 28.9 Å². The molecule has 1 amide bonds. The molecule has 8 heteroatoms. The summed E-state index contributed by atoms with van der Waals surface area (Å²) in [4.78, 5) is 20.0. The number of primary amides is 1. The first-order chi connectivity index (χ1) is 13.1. The van der Waals surface area contributed by atoms with Crippen molar-refractivity contribution in [2.75, 3.05) is 37.6 Å². The zero-order valence-corrected chi connectivity index (χ0v) is 14.9. The Balaban J connectivity index is 1.61. The molecule has 7 nitrogen and oxygen atoms in total. The van der Waals surface area contributed by atoms with E-state index in [-0.39, 0.29) is 11.7 Å². The van der Waals surface area contributed by atoms with Crippen molar-refractivity contribution in [3.63, 3.8) is 0 Å². The van der Waals surface area contributed by atoms with Gasteiger partial charge in [0.1, 0.15) is 11.6 Å². The molecular formula is C19H21FN6O. The Morgan fingerprint density at radius 1 is 1.15 bits per heavy atom. The molecule has 1 aliphatic heterocycles. The summed E-state index contributed by atoms with van der Waals surface area (Å²) in [7, 11) is 0. The number of nitrogens with zero attached hydrogens (tertiary/aromatic N) is 5. The SMILES string of the molecule is NC(=O)CCN1CCN(c2cc(-c3ccccc3F)nc3ccnn23)CC1. The van der Waals surface area contributed by atoms with Crippen molar-refractivity contribution in [1.82, 2.24) is 19.5 Å². The van der Waals surface area contributed by atoms with Crippen molar-refractivity contribution in [3.05, 3.63) is 48.4 Å². The molecule has 0 aliphatic carbocycles. The highest BCUT2D eigenvalue weighted by Gasteiger charge is 2.21. The van der Waals surface area contributed by atoms with Crippen molar-refractivity contribution in [1.29, 1.82) is 0 Å². The number of piperazine rings is 1. The summed E-state index contributed by atoms with van der Waals surface area (Å²) in [5, 5.41) is 4.37. The molecule has 0 spiro atoms. The lowest BCUT2D eigenvalue weighted by Gasteiger charge is -2.35. The molecule has 0 atom stereocenters. The average Bonchev–Trinajstić information content (AvgIpc) is 3.15. The van der Waals surface area contributed by atoms with Crippen molar-refractivity contribution < 1.29 is 9.18 Å². The van der Waals surface area contributed by atoms with Crippen molar-refractivity contribution >= 4 is 17.4 Å². The maximum absolute atomic E-state index is 14.3. The number of carbonyl (C=O) groups excluding carboxylic acids is 1. The van der Waals surface area contributed by atoms with Gasteiger partial charge in [-0.05, 0) is 12.1 Å². The van der Waals surface area contributed by atoms with Gasteiger partial charge in [-0.2, -0.15) is 9.61 Å². The predicted octanol–water partition coefficient (Wildman–Crippen LogP) is 1.53. The van der Waals surface area contributed by atoms with Gasteiger partial charge in [0.2, 0.25) is 5.91 Å². The molecule has 0 radical (unpaired) electrons. The van der Waals surface area contributed by atoms with Crippen LogP contribution in [0.15, 0.2) is 42.6 Å². The van der Waals surface area contributed by atoms with Gasteiger partial charge in [0, 0.05) is 56.8 Å². The molecule has 3 heterocycles. The highest BCUT2D eigenvalue weighted by atomic mass is 19.1. The van der Waals surface area contributed by atoms with E-state index in [4.69, 9.17) is 5.73 Å².